The minimum atomic E-state index is 0.0577. The highest BCUT2D eigenvalue weighted by Gasteiger charge is 2.32. The number of ether oxygens (including phenoxy) is 1. The van der Waals surface area contributed by atoms with E-state index in [9.17, 15) is 9.59 Å². The predicted octanol–water partition coefficient (Wildman–Crippen LogP) is 2.92. The van der Waals surface area contributed by atoms with Crippen LogP contribution in [0.25, 0.3) is 10.2 Å². The zero-order valence-electron chi connectivity index (χ0n) is 15.6. The van der Waals surface area contributed by atoms with Gasteiger partial charge in [0.25, 0.3) is 5.19 Å². The molecule has 0 saturated carbocycles. The van der Waals surface area contributed by atoms with Crippen molar-refractivity contribution in [2.45, 2.75) is 38.7 Å². The van der Waals surface area contributed by atoms with Gasteiger partial charge in [0.05, 0.1) is 10.2 Å². The zero-order valence-corrected chi connectivity index (χ0v) is 16.4. The Morgan fingerprint density at radius 1 is 1.04 bits per heavy atom. The van der Waals surface area contributed by atoms with E-state index in [-0.39, 0.29) is 23.8 Å². The number of piperidine rings is 2. The summed E-state index contributed by atoms with van der Waals surface area (Å²) in [7, 11) is 0. The molecule has 1 aromatic carbocycles. The Labute approximate surface area is 163 Å². The van der Waals surface area contributed by atoms with Crippen LogP contribution in [0.5, 0.6) is 5.19 Å². The number of likely N-dealkylation sites (tertiary alicyclic amines) is 2. The van der Waals surface area contributed by atoms with Crippen molar-refractivity contribution < 1.29 is 14.3 Å². The maximum absolute atomic E-state index is 12.8. The molecular formula is C20H25N3O3S. The number of amides is 2. The molecular weight excluding hydrogens is 362 g/mol. The molecule has 4 rings (SSSR count). The summed E-state index contributed by atoms with van der Waals surface area (Å²) in [6.45, 7) is 4.47. The summed E-state index contributed by atoms with van der Waals surface area (Å²) >= 11 is 1.58. The third kappa shape index (κ3) is 4.08. The van der Waals surface area contributed by atoms with Gasteiger partial charge < -0.3 is 14.5 Å². The van der Waals surface area contributed by atoms with Crippen LogP contribution in [0.15, 0.2) is 24.3 Å². The second-order valence-corrected chi connectivity index (χ2v) is 8.36. The van der Waals surface area contributed by atoms with Crippen LogP contribution in [-0.2, 0) is 9.59 Å². The van der Waals surface area contributed by atoms with Gasteiger partial charge in [0.1, 0.15) is 6.10 Å². The van der Waals surface area contributed by atoms with E-state index in [1.807, 2.05) is 28.0 Å². The van der Waals surface area contributed by atoms with Gasteiger partial charge in [-0.25, -0.2) is 4.98 Å². The molecule has 144 valence electrons. The Kier molecular flexibility index (Phi) is 5.29. The molecule has 2 saturated heterocycles. The molecule has 0 radical (unpaired) electrons. The normalized spacial score (nSPS) is 19.4. The number of carbonyl (C=O) groups is 2. The van der Waals surface area contributed by atoms with Crippen molar-refractivity contribution in [3.05, 3.63) is 24.3 Å². The fourth-order valence-electron chi connectivity index (χ4n) is 3.94. The maximum Gasteiger partial charge on any atom is 0.274 e. The van der Waals surface area contributed by atoms with Crippen LogP contribution in [0.2, 0.25) is 0 Å². The molecule has 0 bridgehead atoms. The number of para-hydroxylation sites is 1. The molecule has 0 aliphatic carbocycles. The number of rotatable bonds is 3. The highest BCUT2D eigenvalue weighted by Crippen LogP contribution is 2.30. The minimum absolute atomic E-state index is 0.0577. The lowest BCUT2D eigenvalue weighted by Crippen LogP contribution is -2.47. The fraction of sp³-hybridized carbons (Fsp3) is 0.550. The monoisotopic (exact) mass is 387 g/mol. The topological polar surface area (TPSA) is 62.7 Å². The number of aromatic nitrogens is 1. The van der Waals surface area contributed by atoms with Gasteiger partial charge in [-0.05, 0) is 25.0 Å². The molecule has 3 heterocycles. The lowest BCUT2D eigenvalue weighted by molar-refractivity contribution is -0.141. The lowest BCUT2D eigenvalue weighted by Gasteiger charge is -2.36. The summed E-state index contributed by atoms with van der Waals surface area (Å²) in [4.78, 5) is 32.6. The largest absolute Gasteiger partial charge is 0.467 e. The van der Waals surface area contributed by atoms with E-state index in [0.717, 1.165) is 54.2 Å². The van der Waals surface area contributed by atoms with E-state index in [4.69, 9.17) is 4.74 Å². The Morgan fingerprint density at radius 3 is 2.37 bits per heavy atom. The molecule has 7 heteroatoms. The summed E-state index contributed by atoms with van der Waals surface area (Å²) in [5, 5.41) is 0.720. The van der Waals surface area contributed by atoms with E-state index in [1.165, 1.54) is 0 Å². The Bertz CT molecular complexity index is 788. The number of carbonyl (C=O) groups excluding carboxylic acids is 2. The molecule has 2 aliphatic rings. The zero-order chi connectivity index (χ0) is 18.8. The third-order valence-electron chi connectivity index (χ3n) is 5.58. The Balaban J connectivity index is 1.27. The quantitative estimate of drug-likeness (QED) is 0.812. The summed E-state index contributed by atoms with van der Waals surface area (Å²) in [6, 6.07) is 8.04. The predicted molar refractivity (Wildman–Crippen MR) is 105 cm³/mol. The summed E-state index contributed by atoms with van der Waals surface area (Å²) in [6.07, 6.45) is 3.36. The summed E-state index contributed by atoms with van der Waals surface area (Å²) < 4.78 is 7.22. The second kappa shape index (κ2) is 7.84. The van der Waals surface area contributed by atoms with Crippen LogP contribution in [0.1, 0.15) is 32.6 Å². The maximum atomic E-state index is 12.8. The molecule has 0 unspecified atom stereocenters. The fourth-order valence-corrected chi connectivity index (χ4v) is 4.82. The number of fused-ring (bicyclic) bond motifs is 1. The summed E-state index contributed by atoms with van der Waals surface area (Å²) in [5.41, 5.74) is 0.974. The standard InChI is InChI=1S/C20H25N3O3S/c1-14(24)22-10-6-15(7-11-22)19(25)23-12-8-16(9-13-23)26-20-21-17-4-2-3-5-18(17)27-20/h2-5,15-16H,6-13H2,1H3. The van der Waals surface area contributed by atoms with E-state index < -0.39 is 0 Å². The molecule has 2 aliphatic heterocycles. The highest BCUT2D eigenvalue weighted by molar-refractivity contribution is 7.20. The molecule has 2 aromatic rings. The van der Waals surface area contributed by atoms with Crippen molar-refractivity contribution in [3.8, 4) is 5.19 Å². The number of nitrogens with zero attached hydrogens (tertiary/aromatic N) is 3. The van der Waals surface area contributed by atoms with Crippen molar-refractivity contribution in [2.75, 3.05) is 26.2 Å². The van der Waals surface area contributed by atoms with Crippen LogP contribution < -0.4 is 4.74 Å². The SMILES string of the molecule is CC(=O)N1CCC(C(=O)N2CCC(Oc3nc4ccccc4s3)CC2)CC1. The average molecular weight is 388 g/mol. The number of thiazole rings is 1. The average Bonchev–Trinajstić information content (AvgIpc) is 3.10. The lowest BCUT2D eigenvalue weighted by atomic mass is 9.94. The first kappa shape index (κ1) is 18.2. The van der Waals surface area contributed by atoms with E-state index in [1.54, 1.807) is 18.3 Å². The smallest absolute Gasteiger partial charge is 0.274 e. The van der Waals surface area contributed by atoms with Crippen LogP contribution in [0.4, 0.5) is 0 Å². The van der Waals surface area contributed by atoms with Gasteiger partial charge in [-0.1, -0.05) is 23.5 Å². The van der Waals surface area contributed by atoms with Crippen LogP contribution in [0.3, 0.4) is 0 Å². The number of benzene rings is 1. The number of hydrogen-bond donors (Lipinski definition) is 0. The van der Waals surface area contributed by atoms with Crippen molar-refractivity contribution >= 4 is 33.4 Å². The third-order valence-corrected chi connectivity index (χ3v) is 6.51. The molecule has 0 spiro atoms. The molecule has 2 fully saturated rings. The van der Waals surface area contributed by atoms with Crippen molar-refractivity contribution in [1.82, 2.24) is 14.8 Å². The Hall–Kier alpha value is -2.15. The van der Waals surface area contributed by atoms with E-state index in [2.05, 4.69) is 11.1 Å². The molecule has 2 amide bonds. The molecule has 27 heavy (non-hydrogen) atoms. The molecule has 1 aromatic heterocycles. The first-order chi connectivity index (χ1) is 13.1. The Morgan fingerprint density at radius 2 is 1.70 bits per heavy atom. The van der Waals surface area contributed by atoms with E-state index >= 15 is 0 Å². The van der Waals surface area contributed by atoms with Gasteiger partial charge in [-0.15, -0.1) is 0 Å². The van der Waals surface area contributed by atoms with Crippen LogP contribution >= 0.6 is 11.3 Å². The van der Waals surface area contributed by atoms with Crippen LogP contribution in [0, 0.1) is 5.92 Å². The van der Waals surface area contributed by atoms with Crippen LogP contribution in [-0.4, -0.2) is 58.9 Å². The van der Waals surface area contributed by atoms with Crippen molar-refractivity contribution in [2.24, 2.45) is 5.92 Å². The van der Waals surface area contributed by atoms with Gasteiger partial charge in [-0.3, -0.25) is 9.59 Å². The van der Waals surface area contributed by atoms with Gasteiger partial charge in [0.2, 0.25) is 11.8 Å². The minimum Gasteiger partial charge on any atom is -0.467 e. The van der Waals surface area contributed by atoms with Crippen molar-refractivity contribution in [3.63, 3.8) is 0 Å². The molecule has 6 nitrogen and oxygen atoms in total. The van der Waals surface area contributed by atoms with Gasteiger partial charge in [0, 0.05) is 51.9 Å². The van der Waals surface area contributed by atoms with E-state index in [0.29, 0.717) is 13.1 Å². The summed E-state index contributed by atoms with van der Waals surface area (Å²) in [5.74, 6) is 0.410. The molecule has 0 N–H and O–H groups in total. The molecule has 0 atom stereocenters. The van der Waals surface area contributed by atoms with Gasteiger partial charge in [0.15, 0.2) is 0 Å². The first-order valence-electron chi connectivity index (χ1n) is 9.66. The van der Waals surface area contributed by atoms with Crippen molar-refractivity contribution in [1.29, 1.82) is 0 Å². The van der Waals surface area contributed by atoms with Gasteiger partial charge >= 0.3 is 0 Å². The first-order valence-corrected chi connectivity index (χ1v) is 10.5. The second-order valence-electron chi connectivity index (χ2n) is 7.37. The van der Waals surface area contributed by atoms with Gasteiger partial charge in [-0.2, -0.15) is 0 Å². The highest BCUT2D eigenvalue weighted by atomic mass is 32.1. The number of hydrogen-bond acceptors (Lipinski definition) is 5.